The van der Waals surface area contributed by atoms with Crippen molar-refractivity contribution >= 4 is 66.4 Å². The normalized spacial score (nSPS) is 11.1. The molecule has 2 heterocycles. The van der Waals surface area contributed by atoms with Crippen LogP contribution >= 0.6 is 22.7 Å². The SMILES string of the molecule is COC(=O)CCC(=O)c1cc2c(CCCc3cc4sc(C(=O)CCC(=O)O)cc4cc3OC)cc(OC)cc2s1. The zero-order valence-corrected chi connectivity index (χ0v) is 24.2. The number of rotatable bonds is 14. The number of carboxylic acid groups (broad SMARTS) is 1. The zero-order valence-electron chi connectivity index (χ0n) is 22.5. The van der Waals surface area contributed by atoms with E-state index in [1.165, 1.54) is 29.8 Å². The summed E-state index contributed by atoms with van der Waals surface area (Å²) < 4.78 is 17.7. The van der Waals surface area contributed by atoms with Crippen LogP contribution in [0.5, 0.6) is 11.5 Å². The Bertz CT molecular complexity index is 1580. The van der Waals surface area contributed by atoms with E-state index in [0.717, 1.165) is 62.1 Å². The number of esters is 1. The Hall–Kier alpha value is -3.76. The molecule has 0 aliphatic heterocycles. The number of benzene rings is 2. The minimum atomic E-state index is -0.990. The summed E-state index contributed by atoms with van der Waals surface area (Å²) in [5, 5.41) is 10.8. The molecule has 0 aliphatic carbocycles. The van der Waals surface area contributed by atoms with E-state index < -0.39 is 11.9 Å². The van der Waals surface area contributed by atoms with Crippen molar-refractivity contribution in [3.63, 3.8) is 0 Å². The standard InChI is InChI=1S/C30H30O8S2/c1-36-20-11-17(21-16-28(40-26(21)15-20)23(32)8-10-30(35)38-3)5-4-6-18-13-25-19(12-24(18)37-2)14-27(39-25)22(31)7-9-29(33)34/h11-16H,4-10H2,1-3H3,(H,33,34). The van der Waals surface area contributed by atoms with E-state index in [0.29, 0.717) is 9.75 Å². The topological polar surface area (TPSA) is 116 Å². The van der Waals surface area contributed by atoms with Crippen molar-refractivity contribution in [2.24, 2.45) is 0 Å². The van der Waals surface area contributed by atoms with Crippen molar-refractivity contribution in [1.29, 1.82) is 0 Å². The number of carbonyl (C=O) groups excluding carboxylic acids is 3. The summed E-state index contributed by atoms with van der Waals surface area (Å²) in [6.07, 6.45) is 2.21. The van der Waals surface area contributed by atoms with Gasteiger partial charge in [0.05, 0.1) is 43.9 Å². The summed E-state index contributed by atoms with van der Waals surface area (Å²) in [5.74, 6) is -0.212. The van der Waals surface area contributed by atoms with Crippen LogP contribution in [0.1, 0.15) is 62.6 Å². The summed E-state index contributed by atoms with van der Waals surface area (Å²) >= 11 is 2.76. The first-order valence-electron chi connectivity index (χ1n) is 12.8. The Labute approximate surface area is 239 Å². The summed E-state index contributed by atoms with van der Waals surface area (Å²) in [4.78, 5) is 48.6. The number of aryl methyl sites for hydroxylation is 2. The van der Waals surface area contributed by atoms with Gasteiger partial charge in [-0.15, -0.1) is 22.7 Å². The van der Waals surface area contributed by atoms with E-state index >= 15 is 0 Å². The fourth-order valence-electron chi connectivity index (χ4n) is 4.53. The minimum absolute atomic E-state index is 0.0255. The van der Waals surface area contributed by atoms with E-state index in [2.05, 4.69) is 4.74 Å². The molecule has 4 aromatic rings. The highest BCUT2D eigenvalue weighted by atomic mass is 32.1. The van der Waals surface area contributed by atoms with Crippen molar-refractivity contribution < 1.29 is 38.5 Å². The van der Waals surface area contributed by atoms with Crippen LogP contribution in [-0.2, 0) is 27.2 Å². The van der Waals surface area contributed by atoms with Gasteiger partial charge in [0.2, 0.25) is 0 Å². The third-order valence-electron chi connectivity index (χ3n) is 6.64. The summed E-state index contributed by atoms with van der Waals surface area (Å²) in [7, 11) is 4.54. The fourth-order valence-corrected chi connectivity index (χ4v) is 6.71. The highest BCUT2D eigenvalue weighted by Gasteiger charge is 2.17. The molecule has 0 saturated carbocycles. The number of methoxy groups -OCH3 is 3. The van der Waals surface area contributed by atoms with Crippen molar-refractivity contribution in [1.82, 2.24) is 0 Å². The van der Waals surface area contributed by atoms with E-state index in [-0.39, 0.29) is 37.2 Å². The second-order valence-electron chi connectivity index (χ2n) is 9.29. The number of hydrogen-bond donors (Lipinski definition) is 1. The van der Waals surface area contributed by atoms with Crippen LogP contribution in [0.2, 0.25) is 0 Å². The summed E-state index contributed by atoms with van der Waals surface area (Å²) in [6.45, 7) is 0. The van der Waals surface area contributed by atoms with Crippen LogP contribution in [0.3, 0.4) is 0 Å². The average molecular weight is 583 g/mol. The maximum Gasteiger partial charge on any atom is 0.305 e. The smallest absolute Gasteiger partial charge is 0.305 e. The van der Waals surface area contributed by atoms with E-state index in [1.807, 2.05) is 30.3 Å². The van der Waals surface area contributed by atoms with Crippen LogP contribution in [0, 0.1) is 0 Å². The molecule has 0 amide bonds. The third kappa shape index (κ3) is 6.86. The number of thiophene rings is 2. The molecule has 40 heavy (non-hydrogen) atoms. The molecular formula is C30H30O8S2. The lowest BCUT2D eigenvalue weighted by Crippen LogP contribution is -2.04. The number of aliphatic carboxylic acids is 1. The lowest BCUT2D eigenvalue weighted by molar-refractivity contribution is -0.140. The highest BCUT2D eigenvalue weighted by Crippen LogP contribution is 2.36. The molecule has 2 aromatic carbocycles. The van der Waals surface area contributed by atoms with Gasteiger partial charge in [0.15, 0.2) is 11.6 Å². The Morgan fingerprint density at radius 3 is 2.08 bits per heavy atom. The second kappa shape index (κ2) is 13.1. The summed E-state index contributed by atoms with van der Waals surface area (Å²) in [6, 6.07) is 11.6. The van der Waals surface area contributed by atoms with E-state index in [4.69, 9.17) is 14.6 Å². The maximum absolute atomic E-state index is 12.7. The Balaban J connectivity index is 1.51. The maximum atomic E-state index is 12.7. The van der Waals surface area contributed by atoms with Gasteiger partial charge in [0.25, 0.3) is 0 Å². The minimum Gasteiger partial charge on any atom is -0.497 e. The van der Waals surface area contributed by atoms with E-state index in [9.17, 15) is 19.2 Å². The van der Waals surface area contributed by atoms with Crippen LogP contribution in [0.15, 0.2) is 36.4 Å². The van der Waals surface area contributed by atoms with Gasteiger partial charge >= 0.3 is 11.9 Å². The quantitative estimate of drug-likeness (QED) is 0.132. The molecule has 0 aliphatic rings. The zero-order chi connectivity index (χ0) is 28.8. The monoisotopic (exact) mass is 582 g/mol. The van der Waals surface area contributed by atoms with Gasteiger partial charge < -0.3 is 19.3 Å². The van der Waals surface area contributed by atoms with Crippen LogP contribution in [0.4, 0.5) is 0 Å². The molecule has 4 rings (SSSR count). The second-order valence-corrected chi connectivity index (χ2v) is 11.5. The number of Topliss-reactive ketones (excluding diaryl/α,β-unsaturated/α-hetero) is 2. The largest absolute Gasteiger partial charge is 0.497 e. The lowest BCUT2D eigenvalue weighted by atomic mass is 9.99. The molecule has 0 atom stereocenters. The van der Waals surface area contributed by atoms with Crippen LogP contribution < -0.4 is 9.47 Å². The summed E-state index contributed by atoms with van der Waals surface area (Å²) in [5.41, 5.74) is 2.09. The molecule has 0 spiro atoms. The molecule has 0 fully saturated rings. The number of ketones is 2. The van der Waals surface area contributed by atoms with Gasteiger partial charge in [0.1, 0.15) is 11.5 Å². The molecule has 0 bridgehead atoms. The first-order valence-corrected chi connectivity index (χ1v) is 14.4. The van der Waals surface area contributed by atoms with Gasteiger partial charge in [-0.05, 0) is 77.6 Å². The fraction of sp³-hybridized carbons (Fsp3) is 0.333. The first-order chi connectivity index (χ1) is 19.2. The van der Waals surface area contributed by atoms with Crippen molar-refractivity contribution in [2.45, 2.75) is 44.9 Å². The van der Waals surface area contributed by atoms with Gasteiger partial charge in [-0.3, -0.25) is 19.2 Å². The van der Waals surface area contributed by atoms with Crippen LogP contribution in [-0.4, -0.2) is 49.9 Å². The van der Waals surface area contributed by atoms with Gasteiger partial charge in [-0.1, -0.05) is 0 Å². The molecule has 2 aromatic heterocycles. The lowest BCUT2D eigenvalue weighted by Gasteiger charge is -2.10. The van der Waals surface area contributed by atoms with Crippen LogP contribution in [0.25, 0.3) is 20.2 Å². The molecule has 10 heteroatoms. The van der Waals surface area contributed by atoms with Crippen molar-refractivity contribution in [3.8, 4) is 11.5 Å². The highest BCUT2D eigenvalue weighted by molar-refractivity contribution is 7.21. The van der Waals surface area contributed by atoms with Gasteiger partial charge in [-0.2, -0.15) is 0 Å². The van der Waals surface area contributed by atoms with Crippen molar-refractivity contribution in [3.05, 3.63) is 57.3 Å². The first kappa shape index (κ1) is 29.2. The molecule has 0 radical (unpaired) electrons. The Morgan fingerprint density at radius 1 is 0.725 bits per heavy atom. The van der Waals surface area contributed by atoms with Gasteiger partial charge in [0, 0.05) is 22.2 Å². The predicted molar refractivity (Wildman–Crippen MR) is 156 cm³/mol. The Morgan fingerprint density at radius 2 is 1.40 bits per heavy atom. The third-order valence-corrected chi connectivity index (χ3v) is 8.91. The number of hydrogen-bond acceptors (Lipinski definition) is 9. The Kier molecular flexibility index (Phi) is 9.54. The molecule has 0 unspecified atom stereocenters. The molecule has 8 nitrogen and oxygen atoms in total. The number of carbonyl (C=O) groups is 4. The van der Waals surface area contributed by atoms with Gasteiger partial charge in [-0.25, -0.2) is 0 Å². The molecular weight excluding hydrogens is 552 g/mol. The number of fused-ring (bicyclic) bond motifs is 2. The van der Waals surface area contributed by atoms with E-state index in [1.54, 1.807) is 20.3 Å². The number of carboxylic acids is 1. The predicted octanol–water partition coefficient (Wildman–Crippen LogP) is 6.49. The average Bonchev–Trinajstić information content (AvgIpc) is 3.58. The molecule has 0 saturated heterocycles. The molecule has 1 N–H and O–H groups in total. The molecule has 210 valence electrons. The van der Waals surface area contributed by atoms with Crippen molar-refractivity contribution in [2.75, 3.05) is 21.3 Å². The number of ether oxygens (including phenoxy) is 3.